The summed E-state index contributed by atoms with van der Waals surface area (Å²) in [6.45, 7) is 9.35. The largest absolute Gasteiger partial charge is 0.370 e. The van der Waals surface area contributed by atoms with Gasteiger partial charge in [-0.05, 0) is 88.9 Å². The zero-order valence-corrected chi connectivity index (χ0v) is 45.1. The number of piperidine rings is 2. The summed E-state index contributed by atoms with van der Waals surface area (Å²) in [6, 6.07) is 17.8. The summed E-state index contributed by atoms with van der Waals surface area (Å²) < 4.78 is 42.3. The number of benzene rings is 3. The van der Waals surface area contributed by atoms with Gasteiger partial charge in [-0.25, -0.2) is 9.18 Å². The smallest absolute Gasteiger partial charge is 0.363 e. The first kappa shape index (κ1) is 54.2. The molecule has 2 aromatic heterocycles. The van der Waals surface area contributed by atoms with Gasteiger partial charge in [-0.1, -0.05) is 63.2 Å². The number of ether oxygens (including phenoxy) is 2. The van der Waals surface area contributed by atoms with E-state index in [-0.39, 0.29) is 91.4 Å². The summed E-state index contributed by atoms with van der Waals surface area (Å²) >= 11 is 1.07. The summed E-state index contributed by atoms with van der Waals surface area (Å²) in [4.78, 5) is 122. The SMILES string of the molecule is Cn1c(=O)n(C2CCC(=O)NC2=O)c2ccc(CN3CC4(CCN(C(=O)CO[C@@H]5CCN(C(=O)[C@@H](NC(=O)c6cc7cc(C(F)P(=O)(O)O)ccc7s6)C(C)(C)C)[C@@H]5C(=O)N5CCO[C@H](c6ccccc6)C5)CC4)C3)cc21. The third-order valence-electron chi connectivity index (χ3n) is 15.9. The quantitative estimate of drug-likeness (QED) is 0.0937. The van der Waals surface area contributed by atoms with Crippen molar-refractivity contribution in [3.05, 3.63) is 105 Å². The standard InChI is InChI=1S/C54H64FN8O12PS/c1-53(2,3)46(57-49(67)42-26-35-25-34(11-14-41(35)77-42)47(55)76(71,72)73)51(69)62-19-16-39(45(62)50(68)61-22-23-74-40(28-61)33-8-6-5-7-9-33)75-29-44(65)60-20-17-54(18-21-60)30-59(31-54)27-32-10-12-36-38(24-32)58(4)52(70)63(36)37-13-15-43(64)56-48(37)66/h5-12,14,24-26,37,39-40,45-47H,13,15-23,27-31H2,1-4H3,(H,57,67)(H,56,64,66)(H2,71,72,73)/t37?,39-,40+,45+,46-,47?/m1/s1. The van der Waals surface area contributed by atoms with Crippen LogP contribution in [0.15, 0.2) is 77.6 Å². The number of thiophene rings is 1. The number of morpholine rings is 1. The fourth-order valence-corrected chi connectivity index (χ4v) is 13.2. The van der Waals surface area contributed by atoms with Crippen LogP contribution in [-0.2, 0) is 51.6 Å². The van der Waals surface area contributed by atoms with Gasteiger partial charge in [0.15, 0.2) is 0 Å². The lowest BCUT2D eigenvalue weighted by atomic mass is 9.72. The van der Waals surface area contributed by atoms with Crippen molar-refractivity contribution in [1.29, 1.82) is 0 Å². The molecule has 0 bridgehead atoms. The van der Waals surface area contributed by atoms with E-state index in [0.717, 1.165) is 48.4 Å². The van der Waals surface area contributed by atoms with Crippen molar-refractivity contribution in [3.63, 3.8) is 0 Å². The van der Waals surface area contributed by atoms with Crippen LogP contribution in [0.2, 0.25) is 0 Å². The second kappa shape index (κ2) is 21.3. The molecule has 410 valence electrons. The Hall–Kier alpha value is -6.13. The summed E-state index contributed by atoms with van der Waals surface area (Å²) in [5.41, 5.74) is 1.88. The molecule has 0 aliphatic carbocycles. The molecule has 77 heavy (non-hydrogen) atoms. The first-order valence-electron chi connectivity index (χ1n) is 26.0. The van der Waals surface area contributed by atoms with Gasteiger partial charge in [0.2, 0.25) is 35.4 Å². The van der Waals surface area contributed by atoms with Gasteiger partial charge in [0.1, 0.15) is 30.8 Å². The Morgan fingerprint density at radius 3 is 2.38 bits per heavy atom. The van der Waals surface area contributed by atoms with Gasteiger partial charge in [-0.2, -0.15) is 0 Å². The fraction of sp³-hybridized carbons (Fsp3) is 0.500. The molecule has 7 heterocycles. The lowest BCUT2D eigenvalue weighted by Gasteiger charge is -2.54. The second-order valence-electron chi connectivity index (χ2n) is 22.3. The highest BCUT2D eigenvalue weighted by Crippen LogP contribution is 2.53. The lowest BCUT2D eigenvalue weighted by Crippen LogP contribution is -2.61. The van der Waals surface area contributed by atoms with Gasteiger partial charge in [-0.15, -0.1) is 11.3 Å². The van der Waals surface area contributed by atoms with E-state index in [4.69, 9.17) is 9.47 Å². The van der Waals surface area contributed by atoms with E-state index in [9.17, 15) is 52.3 Å². The summed E-state index contributed by atoms with van der Waals surface area (Å²) in [6.07, 6.45) is 1.01. The van der Waals surface area contributed by atoms with Crippen LogP contribution in [0.5, 0.6) is 0 Å². The Morgan fingerprint density at radius 2 is 1.68 bits per heavy atom. The summed E-state index contributed by atoms with van der Waals surface area (Å²) in [7, 11) is -3.40. The van der Waals surface area contributed by atoms with Crippen molar-refractivity contribution in [2.75, 3.05) is 59.0 Å². The maximum absolute atomic E-state index is 15.0. The Morgan fingerprint density at radius 1 is 0.935 bits per heavy atom. The Balaban J connectivity index is 0.789. The molecule has 0 saturated carbocycles. The molecule has 6 amide bonds. The van der Waals surface area contributed by atoms with E-state index in [0.29, 0.717) is 40.8 Å². The van der Waals surface area contributed by atoms with E-state index >= 15 is 0 Å². The number of carbonyl (C=O) groups excluding carboxylic acids is 6. The fourth-order valence-electron chi connectivity index (χ4n) is 11.7. The number of hydrogen-bond acceptors (Lipinski definition) is 12. The highest BCUT2D eigenvalue weighted by atomic mass is 32.1. The van der Waals surface area contributed by atoms with Crippen molar-refractivity contribution in [3.8, 4) is 0 Å². The van der Waals surface area contributed by atoms with Crippen LogP contribution in [-0.4, -0.2) is 151 Å². The third kappa shape index (κ3) is 11.0. The first-order chi connectivity index (χ1) is 36.6. The molecular formula is C54H64FN8O12PS. The number of imide groups is 1. The van der Waals surface area contributed by atoms with E-state index in [1.165, 1.54) is 38.3 Å². The maximum Gasteiger partial charge on any atom is 0.363 e. The number of aryl methyl sites for hydroxylation is 1. The van der Waals surface area contributed by atoms with E-state index < -0.39 is 67.0 Å². The average Bonchev–Trinajstić information content (AvgIpc) is 4.12. The molecule has 5 aliphatic heterocycles. The number of nitrogens with one attached hydrogen (secondary N) is 2. The van der Waals surface area contributed by atoms with E-state index in [1.807, 2.05) is 48.5 Å². The molecular weight excluding hydrogens is 1030 g/mol. The zero-order chi connectivity index (χ0) is 54.7. The summed E-state index contributed by atoms with van der Waals surface area (Å²) in [5, 5.41) is 5.65. The van der Waals surface area contributed by atoms with Gasteiger partial charge >= 0.3 is 13.3 Å². The van der Waals surface area contributed by atoms with E-state index in [1.54, 1.807) is 37.6 Å². The van der Waals surface area contributed by atoms with Crippen LogP contribution in [0, 0.1) is 10.8 Å². The Labute approximate surface area is 447 Å². The number of alkyl halides is 1. The predicted molar refractivity (Wildman–Crippen MR) is 282 cm³/mol. The average molecular weight is 1100 g/mol. The molecule has 6 atom stereocenters. The normalized spacial score (nSPS) is 23.0. The maximum atomic E-state index is 15.0. The zero-order valence-electron chi connectivity index (χ0n) is 43.4. The number of hydrogen-bond donors (Lipinski definition) is 4. The molecule has 0 radical (unpaired) electrons. The van der Waals surface area contributed by atoms with Crippen LogP contribution in [0.1, 0.15) is 97.3 Å². The van der Waals surface area contributed by atoms with Gasteiger partial charge in [0.05, 0.1) is 35.2 Å². The summed E-state index contributed by atoms with van der Waals surface area (Å²) in [5.74, 6) is -5.04. The van der Waals surface area contributed by atoms with Gasteiger partial charge in [-0.3, -0.25) is 52.7 Å². The van der Waals surface area contributed by atoms with Gasteiger partial charge < -0.3 is 39.3 Å². The second-order valence-corrected chi connectivity index (χ2v) is 25.0. The molecule has 5 aliphatic rings. The number of carbonyl (C=O) groups is 6. The minimum Gasteiger partial charge on any atom is -0.370 e. The number of fused-ring (bicyclic) bond motifs is 2. The minimum atomic E-state index is -5.08. The minimum absolute atomic E-state index is 0.0375. The van der Waals surface area contributed by atoms with Crippen molar-refractivity contribution in [2.45, 2.75) is 95.7 Å². The number of halogens is 1. The number of nitrogens with zero attached hydrogens (tertiary/aromatic N) is 6. The molecule has 5 fully saturated rings. The Kier molecular flexibility index (Phi) is 15.0. The predicted octanol–water partition coefficient (Wildman–Crippen LogP) is 4.53. The number of amides is 6. The number of rotatable bonds is 13. The molecule has 5 saturated heterocycles. The topological polar surface area (TPSA) is 242 Å². The van der Waals surface area contributed by atoms with Crippen LogP contribution in [0.25, 0.3) is 21.1 Å². The van der Waals surface area contributed by atoms with E-state index in [2.05, 4.69) is 15.5 Å². The van der Waals surface area contributed by atoms with Crippen LogP contribution >= 0.6 is 18.9 Å². The van der Waals surface area contributed by atoms with Crippen molar-refractivity contribution >= 4 is 75.5 Å². The Bertz CT molecular complexity index is 3250. The van der Waals surface area contributed by atoms with Crippen LogP contribution in [0.3, 0.4) is 0 Å². The molecule has 5 aromatic rings. The van der Waals surface area contributed by atoms with Gasteiger partial charge in [0.25, 0.3) is 5.91 Å². The number of imidazole rings is 1. The van der Waals surface area contributed by atoms with Crippen molar-refractivity contribution in [1.82, 2.24) is 39.4 Å². The van der Waals surface area contributed by atoms with Crippen molar-refractivity contribution in [2.24, 2.45) is 17.9 Å². The molecule has 3 aromatic carbocycles. The van der Waals surface area contributed by atoms with Crippen LogP contribution < -0.4 is 16.3 Å². The molecule has 23 heteroatoms. The lowest BCUT2D eigenvalue weighted by molar-refractivity contribution is -0.156. The highest BCUT2D eigenvalue weighted by molar-refractivity contribution is 7.51. The molecule has 10 rings (SSSR count). The monoisotopic (exact) mass is 1100 g/mol. The number of likely N-dealkylation sites (tertiary alicyclic amines) is 3. The van der Waals surface area contributed by atoms with Crippen LogP contribution in [0.4, 0.5) is 4.39 Å². The number of aromatic nitrogens is 2. The molecule has 1 spiro atoms. The molecule has 20 nitrogen and oxygen atoms in total. The van der Waals surface area contributed by atoms with Crippen molar-refractivity contribution < 1.29 is 57.0 Å². The molecule has 2 unspecified atom stereocenters. The first-order valence-corrected chi connectivity index (χ1v) is 28.5. The third-order valence-corrected chi connectivity index (χ3v) is 18.0. The molecule has 4 N–H and O–H groups in total. The van der Waals surface area contributed by atoms with Gasteiger partial charge in [0, 0.05) is 64.0 Å². The highest BCUT2D eigenvalue weighted by Gasteiger charge is 2.50.